The van der Waals surface area contributed by atoms with Crippen LogP contribution in [0.5, 0.6) is 5.75 Å². The first kappa shape index (κ1) is 19.5. The molecule has 1 atom stereocenters. The topological polar surface area (TPSA) is 84.9 Å². The molecule has 0 unspecified atom stereocenters. The van der Waals surface area contributed by atoms with Crippen LogP contribution in [0.4, 0.5) is 5.69 Å². The smallest absolute Gasteiger partial charge is 0.264 e. The Bertz CT molecular complexity index is 918. The average Bonchev–Trinajstić information content (AvgIpc) is 2.67. The van der Waals surface area contributed by atoms with E-state index in [0.29, 0.717) is 29.6 Å². The van der Waals surface area contributed by atoms with Crippen LogP contribution in [0.3, 0.4) is 0 Å². The molecule has 0 bridgehead atoms. The summed E-state index contributed by atoms with van der Waals surface area (Å²) in [5.74, 6) is -0.0777. The van der Waals surface area contributed by atoms with E-state index in [9.17, 15) is 13.2 Å². The molecule has 9 heteroatoms. The highest BCUT2D eigenvalue weighted by molar-refractivity contribution is 7.92. The summed E-state index contributed by atoms with van der Waals surface area (Å²) >= 11 is 5.86. The molecule has 1 heterocycles. The number of rotatable bonds is 6. The molecule has 2 aromatic carbocycles. The van der Waals surface area contributed by atoms with Crippen molar-refractivity contribution in [1.82, 2.24) is 5.32 Å². The number of nitrogens with one attached hydrogen (secondary N) is 1. The van der Waals surface area contributed by atoms with Crippen molar-refractivity contribution in [2.45, 2.75) is 11.0 Å². The second kappa shape index (κ2) is 8.16. The first-order chi connectivity index (χ1) is 12.9. The van der Waals surface area contributed by atoms with E-state index in [2.05, 4.69) is 5.32 Å². The van der Waals surface area contributed by atoms with Crippen LogP contribution in [0.2, 0.25) is 5.02 Å². The van der Waals surface area contributed by atoms with Crippen molar-refractivity contribution in [3.63, 3.8) is 0 Å². The van der Waals surface area contributed by atoms with E-state index >= 15 is 0 Å². The van der Waals surface area contributed by atoms with Gasteiger partial charge in [-0.25, -0.2) is 8.42 Å². The fraction of sp³-hybridized carbons (Fsp3) is 0.278. The van der Waals surface area contributed by atoms with E-state index in [0.717, 1.165) is 0 Å². The number of hydrogen-bond donors (Lipinski definition) is 1. The lowest BCUT2D eigenvalue weighted by Crippen LogP contribution is -2.51. The molecule has 0 radical (unpaired) electrons. The van der Waals surface area contributed by atoms with Crippen LogP contribution in [-0.4, -0.2) is 47.2 Å². The van der Waals surface area contributed by atoms with Gasteiger partial charge in [0.1, 0.15) is 5.75 Å². The molecule has 2 aromatic rings. The first-order valence-corrected chi connectivity index (χ1v) is 10.1. The molecule has 0 saturated heterocycles. The minimum Gasteiger partial charge on any atom is -0.476 e. The Balaban J connectivity index is 1.93. The molecule has 1 aliphatic heterocycles. The second-order valence-electron chi connectivity index (χ2n) is 5.85. The molecule has 7 nitrogen and oxygen atoms in total. The third kappa shape index (κ3) is 4.18. The van der Waals surface area contributed by atoms with Crippen LogP contribution in [0.25, 0.3) is 0 Å². The van der Waals surface area contributed by atoms with Crippen molar-refractivity contribution in [2.24, 2.45) is 0 Å². The average molecular weight is 411 g/mol. The third-order valence-corrected chi connectivity index (χ3v) is 6.08. The summed E-state index contributed by atoms with van der Waals surface area (Å²) in [6, 6.07) is 12.6. The largest absolute Gasteiger partial charge is 0.476 e. The molecular formula is C18H19ClN2O5S. The molecule has 3 rings (SSSR count). The van der Waals surface area contributed by atoms with Gasteiger partial charge < -0.3 is 14.8 Å². The summed E-state index contributed by atoms with van der Waals surface area (Å²) in [6.45, 7) is 0.517. The van der Waals surface area contributed by atoms with Crippen molar-refractivity contribution >= 4 is 33.2 Å². The van der Waals surface area contributed by atoms with Gasteiger partial charge in [0.15, 0.2) is 6.10 Å². The standard InChI is InChI=1S/C18H19ClN2O5S/c1-25-11-10-20-18(22)17-12-21(15-4-2-3-5-16(15)26-17)27(23,24)14-8-6-13(19)7-9-14/h2-9,17H,10-12H2,1H3,(H,20,22)/t17-/m1/s1. The van der Waals surface area contributed by atoms with Crippen LogP contribution in [0, 0.1) is 0 Å². The summed E-state index contributed by atoms with van der Waals surface area (Å²) in [6.07, 6.45) is -0.973. The lowest BCUT2D eigenvalue weighted by molar-refractivity contribution is -0.127. The van der Waals surface area contributed by atoms with Gasteiger partial charge in [-0.05, 0) is 36.4 Å². The highest BCUT2D eigenvalue weighted by atomic mass is 35.5. The number of halogens is 1. The highest BCUT2D eigenvalue weighted by Gasteiger charge is 2.37. The summed E-state index contributed by atoms with van der Waals surface area (Å²) in [4.78, 5) is 12.5. The molecule has 0 saturated carbocycles. The lowest BCUT2D eigenvalue weighted by atomic mass is 10.2. The Kier molecular flexibility index (Phi) is 5.88. The first-order valence-electron chi connectivity index (χ1n) is 8.24. The maximum Gasteiger partial charge on any atom is 0.264 e. The van der Waals surface area contributed by atoms with Gasteiger partial charge in [-0.2, -0.15) is 0 Å². The maximum atomic E-state index is 13.2. The zero-order valence-electron chi connectivity index (χ0n) is 14.6. The Hall–Kier alpha value is -2.29. The predicted octanol–water partition coefficient (Wildman–Crippen LogP) is 2.06. The zero-order chi connectivity index (χ0) is 19.4. The quantitative estimate of drug-likeness (QED) is 0.737. The fourth-order valence-corrected chi connectivity index (χ4v) is 4.29. The van der Waals surface area contributed by atoms with E-state index in [1.807, 2.05) is 0 Å². The lowest BCUT2D eigenvalue weighted by Gasteiger charge is -2.34. The number of fused-ring (bicyclic) bond motifs is 1. The van der Waals surface area contributed by atoms with E-state index in [1.54, 1.807) is 24.3 Å². The molecule has 0 aliphatic carbocycles. The number of para-hydroxylation sites is 2. The summed E-state index contributed by atoms with van der Waals surface area (Å²) in [5, 5.41) is 3.11. The maximum absolute atomic E-state index is 13.2. The number of benzene rings is 2. The van der Waals surface area contributed by atoms with Gasteiger partial charge >= 0.3 is 0 Å². The van der Waals surface area contributed by atoms with Gasteiger partial charge in [-0.15, -0.1) is 0 Å². The highest BCUT2D eigenvalue weighted by Crippen LogP contribution is 2.36. The zero-order valence-corrected chi connectivity index (χ0v) is 16.2. The van der Waals surface area contributed by atoms with Crippen LogP contribution in [0.1, 0.15) is 0 Å². The van der Waals surface area contributed by atoms with Gasteiger partial charge in [-0.3, -0.25) is 9.10 Å². The minimum absolute atomic E-state index is 0.0853. The molecule has 1 aliphatic rings. The molecule has 27 heavy (non-hydrogen) atoms. The number of ether oxygens (including phenoxy) is 2. The van der Waals surface area contributed by atoms with Gasteiger partial charge in [0.05, 0.1) is 23.7 Å². The third-order valence-electron chi connectivity index (χ3n) is 4.03. The van der Waals surface area contributed by atoms with Gasteiger partial charge in [0, 0.05) is 18.7 Å². The van der Waals surface area contributed by atoms with E-state index in [1.165, 1.54) is 35.7 Å². The van der Waals surface area contributed by atoms with E-state index in [4.69, 9.17) is 21.1 Å². The molecule has 1 N–H and O–H groups in total. The number of sulfonamides is 1. The number of carbonyl (C=O) groups excluding carboxylic acids is 1. The number of hydrogen-bond acceptors (Lipinski definition) is 5. The number of amides is 1. The van der Waals surface area contributed by atoms with Crippen molar-refractivity contribution in [2.75, 3.05) is 31.1 Å². The summed E-state index contributed by atoms with van der Waals surface area (Å²) < 4.78 is 38.2. The number of methoxy groups -OCH3 is 1. The van der Waals surface area contributed by atoms with Crippen LogP contribution >= 0.6 is 11.6 Å². The number of anilines is 1. The molecule has 0 aromatic heterocycles. The van der Waals surface area contributed by atoms with Crippen molar-refractivity contribution in [3.05, 3.63) is 53.6 Å². The number of carbonyl (C=O) groups is 1. The van der Waals surface area contributed by atoms with E-state index < -0.39 is 22.0 Å². The molecule has 144 valence electrons. The Morgan fingerprint density at radius 3 is 2.67 bits per heavy atom. The normalized spacial score (nSPS) is 16.4. The SMILES string of the molecule is COCCNC(=O)[C@H]1CN(S(=O)(=O)c2ccc(Cl)cc2)c2ccccc2O1. The Morgan fingerprint density at radius 2 is 1.96 bits per heavy atom. The van der Waals surface area contributed by atoms with Gasteiger partial charge in [0.25, 0.3) is 15.9 Å². The van der Waals surface area contributed by atoms with E-state index in [-0.39, 0.29) is 11.4 Å². The summed E-state index contributed by atoms with van der Waals surface area (Å²) in [7, 11) is -2.37. The van der Waals surface area contributed by atoms with Crippen molar-refractivity contribution in [3.8, 4) is 5.75 Å². The Morgan fingerprint density at radius 1 is 1.26 bits per heavy atom. The molecule has 1 amide bonds. The molecule has 0 fully saturated rings. The second-order valence-corrected chi connectivity index (χ2v) is 8.15. The molecule has 0 spiro atoms. The van der Waals surface area contributed by atoms with Crippen molar-refractivity contribution < 1.29 is 22.7 Å². The van der Waals surface area contributed by atoms with Crippen molar-refractivity contribution in [1.29, 1.82) is 0 Å². The van der Waals surface area contributed by atoms with Crippen LogP contribution in [0.15, 0.2) is 53.4 Å². The Labute approximate surface area is 162 Å². The fourth-order valence-electron chi connectivity index (χ4n) is 2.69. The van der Waals surface area contributed by atoms with Gasteiger partial charge in [0.2, 0.25) is 0 Å². The summed E-state index contributed by atoms with van der Waals surface area (Å²) in [5.41, 5.74) is 0.383. The van der Waals surface area contributed by atoms with Gasteiger partial charge in [-0.1, -0.05) is 23.7 Å². The van der Waals surface area contributed by atoms with Crippen LogP contribution < -0.4 is 14.4 Å². The number of nitrogens with zero attached hydrogens (tertiary/aromatic N) is 1. The predicted molar refractivity (Wildman–Crippen MR) is 102 cm³/mol. The molecular weight excluding hydrogens is 392 g/mol. The van der Waals surface area contributed by atoms with Crippen LogP contribution in [-0.2, 0) is 19.6 Å². The monoisotopic (exact) mass is 410 g/mol. The minimum atomic E-state index is -3.89.